The summed E-state index contributed by atoms with van der Waals surface area (Å²) < 4.78 is 35.0. The fourth-order valence-electron chi connectivity index (χ4n) is 2.47. The van der Waals surface area contributed by atoms with E-state index in [-0.39, 0.29) is 24.8 Å². The second-order valence-corrected chi connectivity index (χ2v) is 7.19. The molecule has 0 saturated carbocycles. The summed E-state index contributed by atoms with van der Waals surface area (Å²) in [7, 11) is -0.522. The number of para-hydroxylation sites is 1. The minimum absolute atomic E-state index is 0.0754. The molecule has 0 radical (unpaired) electrons. The summed E-state index contributed by atoms with van der Waals surface area (Å²) in [4.78, 5) is 11.2. The van der Waals surface area contributed by atoms with E-state index in [1.54, 1.807) is 7.05 Å². The van der Waals surface area contributed by atoms with Gasteiger partial charge in [0.1, 0.15) is 17.6 Å². The molecule has 6 nitrogen and oxygen atoms in total. The molecular formula is C14H19NO5S. The van der Waals surface area contributed by atoms with Gasteiger partial charge in [-0.1, -0.05) is 18.2 Å². The Labute approximate surface area is 124 Å². The summed E-state index contributed by atoms with van der Waals surface area (Å²) >= 11 is 0. The second kappa shape index (κ2) is 6.44. The molecule has 2 unspecified atom stereocenters. The maximum atomic E-state index is 12.5. The Hall–Kier alpha value is -1.60. The number of ether oxygens (including phenoxy) is 2. The molecule has 1 heterocycles. The van der Waals surface area contributed by atoms with Gasteiger partial charge in [-0.2, -0.15) is 0 Å². The molecule has 0 amide bonds. The zero-order chi connectivity index (χ0) is 15.5. The number of nitrogens with one attached hydrogen (secondary N) is 1. The molecular weight excluding hydrogens is 294 g/mol. The third-order valence-corrected chi connectivity index (χ3v) is 5.72. The zero-order valence-corrected chi connectivity index (χ0v) is 12.9. The highest BCUT2D eigenvalue weighted by molar-refractivity contribution is 7.92. The summed E-state index contributed by atoms with van der Waals surface area (Å²) in [5.74, 6) is -0.0819. The van der Waals surface area contributed by atoms with E-state index in [2.05, 4.69) is 10.1 Å². The lowest BCUT2D eigenvalue weighted by Crippen LogP contribution is -2.44. The average Bonchev–Trinajstić information content (AvgIpc) is 2.51. The summed E-state index contributed by atoms with van der Waals surface area (Å²) in [6.07, 6.45) is -0.145. The first-order valence-corrected chi connectivity index (χ1v) is 8.38. The Kier molecular flexibility index (Phi) is 4.84. The number of carbonyl (C=O) groups is 1. The molecule has 0 aliphatic carbocycles. The Balaban J connectivity index is 2.22. The van der Waals surface area contributed by atoms with Crippen LogP contribution < -0.4 is 10.1 Å². The largest absolute Gasteiger partial charge is 0.492 e. The first kappa shape index (κ1) is 15.8. The summed E-state index contributed by atoms with van der Waals surface area (Å²) in [5, 5.41) is 2.32. The Morgan fingerprint density at radius 2 is 2.14 bits per heavy atom. The molecule has 1 N–H and O–H groups in total. The summed E-state index contributed by atoms with van der Waals surface area (Å²) in [6, 6.07) is 7.00. The van der Waals surface area contributed by atoms with Gasteiger partial charge in [-0.05, 0) is 13.1 Å². The molecule has 0 bridgehead atoms. The van der Waals surface area contributed by atoms with Crippen LogP contribution in [-0.2, 0) is 19.4 Å². The Morgan fingerprint density at radius 1 is 1.43 bits per heavy atom. The van der Waals surface area contributed by atoms with E-state index < -0.39 is 21.1 Å². The molecule has 1 aromatic carbocycles. The molecule has 0 spiro atoms. The van der Waals surface area contributed by atoms with E-state index in [0.29, 0.717) is 5.75 Å². The van der Waals surface area contributed by atoms with Crippen molar-refractivity contribution < 1.29 is 22.7 Å². The molecule has 2 atom stereocenters. The van der Waals surface area contributed by atoms with Crippen LogP contribution in [-0.4, -0.2) is 46.2 Å². The summed E-state index contributed by atoms with van der Waals surface area (Å²) in [5.41, 5.74) is 0.817. The van der Waals surface area contributed by atoms with Gasteiger partial charge in [0, 0.05) is 5.56 Å². The fraction of sp³-hybridized carbons (Fsp3) is 0.500. The van der Waals surface area contributed by atoms with E-state index in [1.807, 2.05) is 24.3 Å². The van der Waals surface area contributed by atoms with Crippen molar-refractivity contribution >= 4 is 15.8 Å². The first-order valence-electron chi connectivity index (χ1n) is 6.67. The highest BCUT2D eigenvalue weighted by Crippen LogP contribution is 2.34. The topological polar surface area (TPSA) is 81.7 Å². The van der Waals surface area contributed by atoms with Crippen molar-refractivity contribution in [2.24, 2.45) is 0 Å². The third-order valence-electron chi connectivity index (χ3n) is 3.62. The van der Waals surface area contributed by atoms with Crippen molar-refractivity contribution in [1.29, 1.82) is 0 Å². The van der Waals surface area contributed by atoms with Crippen LogP contribution in [0.4, 0.5) is 0 Å². The summed E-state index contributed by atoms with van der Waals surface area (Å²) in [6.45, 7) is 0.0754. The number of esters is 1. The van der Waals surface area contributed by atoms with Crippen molar-refractivity contribution in [3.8, 4) is 5.75 Å². The van der Waals surface area contributed by atoms with Crippen LogP contribution in [0.1, 0.15) is 18.0 Å². The van der Waals surface area contributed by atoms with Gasteiger partial charge in [0.05, 0.1) is 25.3 Å². The number of benzene rings is 1. The molecule has 1 aliphatic rings. The van der Waals surface area contributed by atoms with Crippen LogP contribution in [0.25, 0.3) is 0 Å². The maximum absolute atomic E-state index is 12.5. The van der Waals surface area contributed by atoms with E-state index in [9.17, 15) is 13.2 Å². The standard InChI is InChI=1S/C14H19NO5S/c1-15-14-10-5-3-4-6-11(10)20-9-12(14)21(17,18)8-7-13(16)19-2/h3-6,12,14-15H,7-9H2,1-2H3. The van der Waals surface area contributed by atoms with Gasteiger partial charge >= 0.3 is 5.97 Å². The molecule has 1 aromatic rings. The monoisotopic (exact) mass is 313 g/mol. The average molecular weight is 313 g/mol. The molecule has 7 heteroatoms. The molecule has 0 aromatic heterocycles. The number of methoxy groups -OCH3 is 1. The van der Waals surface area contributed by atoms with Gasteiger partial charge in [0.2, 0.25) is 0 Å². The van der Waals surface area contributed by atoms with Crippen molar-refractivity contribution in [1.82, 2.24) is 5.32 Å². The quantitative estimate of drug-likeness (QED) is 0.805. The Morgan fingerprint density at radius 3 is 2.81 bits per heavy atom. The molecule has 1 aliphatic heterocycles. The van der Waals surface area contributed by atoms with Crippen molar-refractivity contribution in [2.75, 3.05) is 26.5 Å². The van der Waals surface area contributed by atoms with E-state index >= 15 is 0 Å². The van der Waals surface area contributed by atoms with Gasteiger partial charge in [-0.15, -0.1) is 0 Å². The van der Waals surface area contributed by atoms with Crippen LogP contribution in [0, 0.1) is 0 Å². The normalized spacial score (nSPS) is 21.2. The van der Waals surface area contributed by atoms with E-state index in [1.165, 1.54) is 7.11 Å². The van der Waals surface area contributed by atoms with E-state index in [4.69, 9.17) is 4.74 Å². The molecule has 0 fully saturated rings. The number of carbonyl (C=O) groups excluding carboxylic acids is 1. The lowest BCUT2D eigenvalue weighted by Gasteiger charge is -2.33. The number of hydrogen-bond donors (Lipinski definition) is 1. The van der Waals surface area contributed by atoms with Gasteiger partial charge < -0.3 is 14.8 Å². The highest BCUT2D eigenvalue weighted by atomic mass is 32.2. The highest BCUT2D eigenvalue weighted by Gasteiger charge is 2.38. The molecule has 116 valence electrons. The smallest absolute Gasteiger partial charge is 0.306 e. The van der Waals surface area contributed by atoms with Gasteiger partial charge in [0.15, 0.2) is 9.84 Å². The third kappa shape index (κ3) is 3.36. The zero-order valence-electron chi connectivity index (χ0n) is 12.0. The lowest BCUT2D eigenvalue weighted by atomic mass is 10.0. The van der Waals surface area contributed by atoms with Crippen molar-refractivity contribution in [3.63, 3.8) is 0 Å². The number of fused-ring (bicyclic) bond motifs is 1. The van der Waals surface area contributed by atoms with Crippen molar-refractivity contribution in [3.05, 3.63) is 29.8 Å². The van der Waals surface area contributed by atoms with Gasteiger partial charge in [0.25, 0.3) is 0 Å². The fourth-order valence-corrected chi connectivity index (χ4v) is 4.20. The minimum atomic E-state index is -3.48. The first-order chi connectivity index (χ1) is 9.99. The van der Waals surface area contributed by atoms with Crippen LogP contribution in [0.15, 0.2) is 24.3 Å². The van der Waals surface area contributed by atoms with Crippen LogP contribution >= 0.6 is 0 Å². The SMILES string of the molecule is CNC1c2ccccc2OCC1S(=O)(=O)CCC(=O)OC. The van der Waals surface area contributed by atoms with Crippen LogP contribution in [0.2, 0.25) is 0 Å². The number of rotatable bonds is 5. The molecule has 21 heavy (non-hydrogen) atoms. The number of hydrogen-bond acceptors (Lipinski definition) is 6. The van der Waals surface area contributed by atoms with Crippen LogP contribution in [0.3, 0.4) is 0 Å². The predicted octanol–water partition coefficient (Wildman–Crippen LogP) is 0.686. The van der Waals surface area contributed by atoms with Gasteiger partial charge in [-0.25, -0.2) is 8.42 Å². The Bertz CT molecular complexity index is 614. The second-order valence-electron chi connectivity index (χ2n) is 4.85. The van der Waals surface area contributed by atoms with Crippen molar-refractivity contribution in [2.45, 2.75) is 17.7 Å². The maximum Gasteiger partial charge on any atom is 0.306 e. The molecule has 2 rings (SSSR count). The van der Waals surface area contributed by atoms with Crippen LogP contribution in [0.5, 0.6) is 5.75 Å². The molecule has 0 saturated heterocycles. The predicted molar refractivity (Wildman–Crippen MR) is 77.9 cm³/mol. The number of sulfone groups is 1. The lowest BCUT2D eigenvalue weighted by molar-refractivity contribution is -0.140. The minimum Gasteiger partial charge on any atom is -0.492 e. The van der Waals surface area contributed by atoms with E-state index in [0.717, 1.165) is 5.56 Å². The van der Waals surface area contributed by atoms with Gasteiger partial charge in [-0.3, -0.25) is 4.79 Å².